The first-order valence-corrected chi connectivity index (χ1v) is 5.25. The van der Waals surface area contributed by atoms with Crippen LogP contribution in [0.3, 0.4) is 0 Å². The zero-order chi connectivity index (χ0) is 11.4. The maximum absolute atomic E-state index is 5.70. The van der Waals surface area contributed by atoms with Gasteiger partial charge in [0.2, 0.25) is 0 Å². The van der Waals surface area contributed by atoms with E-state index in [1.165, 1.54) is 6.33 Å². The van der Waals surface area contributed by atoms with Crippen molar-refractivity contribution in [2.45, 2.75) is 13.5 Å². The Hall–Kier alpha value is -1.68. The van der Waals surface area contributed by atoms with Crippen LogP contribution in [0.2, 0.25) is 5.15 Å². The molecule has 82 valence electrons. The van der Waals surface area contributed by atoms with Crippen LogP contribution in [0.25, 0.3) is 0 Å². The Morgan fingerprint density at radius 2 is 2.12 bits per heavy atom. The Bertz CT molecular complexity index is 470. The predicted molar refractivity (Wildman–Crippen MR) is 63.3 cm³/mol. The normalized spacial score (nSPS) is 10.1. The van der Waals surface area contributed by atoms with Crippen LogP contribution in [0.4, 0.5) is 5.82 Å². The van der Waals surface area contributed by atoms with Crippen molar-refractivity contribution in [3.63, 3.8) is 0 Å². The lowest BCUT2D eigenvalue weighted by molar-refractivity contribution is 1.04. The topological polar surface area (TPSA) is 50.7 Å². The summed E-state index contributed by atoms with van der Waals surface area (Å²) in [6, 6.07) is 5.59. The van der Waals surface area contributed by atoms with E-state index in [0.29, 0.717) is 11.7 Å². The molecule has 1 N–H and O–H groups in total. The SMILES string of the molecule is Cc1cc(NCc2ccc(Cl)nc2)ncn1. The molecule has 0 fully saturated rings. The molecule has 0 bridgehead atoms. The number of aromatic nitrogens is 3. The van der Waals surface area contributed by atoms with Crippen molar-refractivity contribution >= 4 is 17.4 Å². The van der Waals surface area contributed by atoms with E-state index in [2.05, 4.69) is 20.3 Å². The van der Waals surface area contributed by atoms with Crippen molar-refractivity contribution < 1.29 is 0 Å². The average Bonchev–Trinajstić information content (AvgIpc) is 2.28. The van der Waals surface area contributed by atoms with Crippen LogP contribution in [0.5, 0.6) is 0 Å². The Morgan fingerprint density at radius 3 is 2.81 bits per heavy atom. The second-order valence-corrected chi connectivity index (χ2v) is 3.77. The third kappa shape index (κ3) is 2.90. The van der Waals surface area contributed by atoms with Gasteiger partial charge in [0.15, 0.2) is 0 Å². The van der Waals surface area contributed by atoms with Gasteiger partial charge in [0.25, 0.3) is 0 Å². The largest absolute Gasteiger partial charge is 0.366 e. The van der Waals surface area contributed by atoms with Crippen LogP contribution >= 0.6 is 11.6 Å². The van der Waals surface area contributed by atoms with Crippen LogP contribution in [0.15, 0.2) is 30.7 Å². The minimum absolute atomic E-state index is 0.502. The predicted octanol–water partition coefficient (Wildman–Crippen LogP) is 2.45. The summed E-state index contributed by atoms with van der Waals surface area (Å²) in [6.07, 6.45) is 3.28. The molecular formula is C11H11ClN4. The summed E-state index contributed by atoms with van der Waals surface area (Å²) in [4.78, 5) is 12.1. The molecule has 0 unspecified atom stereocenters. The number of rotatable bonds is 3. The fraction of sp³-hybridized carbons (Fsp3) is 0.182. The Balaban J connectivity index is 1.99. The first-order chi connectivity index (χ1) is 7.74. The van der Waals surface area contributed by atoms with Crippen LogP contribution in [-0.4, -0.2) is 15.0 Å². The molecule has 0 atom stereocenters. The summed E-state index contributed by atoms with van der Waals surface area (Å²) in [6.45, 7) is 2.59. The van der Waals surface area contributed by atoms with Crippen molar-refractivity contribution in [1.82, 2.24) is 15.0 Å². The standard InChI is InChI=1S/C11H11ClN4/c1-8-4-11(16-7-15-8)14-6-9-2-3-10(12)13-5-9/h2-5,7H,6H2,1H3,(H,14,15,16). The molecule has 0 saturated heterocycles. The molecule has 0 aliphatic carbocycles. The van der Waals surface area contributed by atoms with E-state index in [0.717, 1.165) is 17.1 Å². The molecule has 0 aliphatic heterocycles. The van der Waals surface area contributed by atoms with Gasteiger partial charge in [0, 0.05) is 24.5 Å². The highest BCUT2D eigenvalue weighted by molar-refractivity contribution is 6.29. The summed E-state index contributed by atoms with van der Waals surface area (Å²) in [5, 5.41) is 3.69. The fourth-order valence-corrected chi connectivity index (χ4v) is 1.37. The van der Waals surface area contributed by atoms with E-state index in [-0.39, 0.29) is 0 Å². The van der Waals surface area contributed by atoms with Crippen molar-refractivity contribution in [2.24, 2.45) is 0 Å². The van der Waals surface area contributed by atoms with Gasteiger partial charge in [0.1, 0.15) is 17.3 Å². The number of halogens is 1. The number of nitrogens with zero attached hydrogens (tertiary/aromatic N) is 3. The quantitative estimate of drug-likeness (QED) is 0.829. The van der Waals surface area contributed by atoms with E-state index in [1.807, 2.05) is 19.1 Å². The van der Waals surface area contributed by atoms with Gasteiger partial charge >= 0.3 is 0 Å². The third-order valence-electron chi connectivity index (χ3n) is 2.07. The van der Waals surface area contributed by atoms with Crippen LogP contribution in [-0.2, 0) is 6.54 Å². The van der Waals surface area contributed by atoms with Gasteiger partial charge in [0.05, 0.1) is 0 Å². The van der Waals surface area contributed by atoms with Crippen LogP contribution in [0.1, 0.15) is 11.3 Å². The molecule has 0 amide bonds. The summed E-state index contributed by atoms with van der Waals surface area (Å²) in [5.41, 5.74) is 1.99. The Labute approximate surface area is 98.7 Å². The molecule has 0 spiro atoms. The molecule has 0 aliphatic rings. The highest BCUT2D eigenvalue weighted by Crippen LogP contribution is 2.08. The zero-order valence-corrected chi connectivity index (χ0v) is 9.57. The van der Waals surface area contributed by atoms with Gasteiger partial charge in [-0.15, -0.1) is 0 Å². The molecule has 2 heterocycles. The number of hydrogen-bond acceptors (Lipinski definition) is 4. The molecule has 0 radical (unpaired) electrons. The van der Waals surface area contributed by atoms with Gasteiger partial charge < -0.3 is 5.32 Å². The van der Waals surface area contributed by atoms with E-state index >= 15 is 0 Å². The lowest BCUT2D eigenvalue weighted by atomic mass is 10.3. The van der Waals surface area contributed by atoms with Gasteiger partial charge in [-0.2, -0.15) is 0 Å². The van der Waals surface area contributed by atoms with E-state index in [1.54, 1.807) is 12.3 Å². The number of hydrogen-bond donors (Lipinski definition) is 1. The number of pyridine rings is 1. The van der Waals surface area contributed by atoms with Gasteiger partial charge in [-0.1, -0.05) is 17.7 Å². The highest BCUT2D eigenvalue weighted by atomic mass is 35.5. The lowest BCUT2D eigenvalue weighted by Gasteiger charge is -2.05. The third-order valence-corrected chi connectivity index (χ3v) is 2.29. The second kappa shape index (κ2) is 4.90. The number of anilines is 1. The molecule has 2 aromatic rings. The summed E-state index contributed by atoms with van der Waals surface area (Å²) in [5.74, 6) is 0.808. The van der Waals surface area contributed by atoms with Crippen molar-refractivity contribution in [2.75, 3.05) is 5.32 Å². The molecular weight excluding hydrogens is 224 g/mol. The monoisotopic (exact) mass is 234 g/mol. The van der Waals surface area contributed by atoms with Crippen molar-refractivity contribution in [3.8, 4) is 0 Å². The molecule has 2 aromatic heterocycles. The highest BCUT2D eigenvalue weighted by Gasteiger charge is 1.96. The number of aryl methyl sites for hydroxylation is 1. The van der Waals surface area contributed by atoms with Gasteiger partial charge in [-0.25, -0.2) is 15.0 Å². The molecule has 5 heteroatoms. The van der Waals surface area contributed by atoms with E-state index < -0.39 is 0 Å². The fourth-order valence-electron chi connectivity index (χ4n) is 1.25. The smallest absolute Gasteiger partial charge is 0.129 e. The van der Waals surface area contributed by atoms with Crippen molar-refractivity contribution in [3.05, 3.63) is 47.1 Å². The summed E-state index contributed by atoms with van der Waals surface area (Å²) in [7, 11) is 0. The van der Waals surface area contributed by atoms with Crippen molar-refractivity contribution in [1.29, 1.82) is 0 Å². The Kier molecular flexibility index (Phi) is 3.31. The maximum Gasteiger partial charge on any atom is 0.129 e. The first-order valence-electron chi connectivity index (χ1n) is 4.87. The molecule has 0 saturated carbocycles. The van der Waals surface area contributed by atoms with Crippen LogP contribution < -0.4 is 5.32 Å². The summed E-state index contributed by atoms with van der Waals surface area (Å²) >= 11 is 5.70. The Morgan fingerprint density at radius 1 is 1.25 bits per heavy atom. The molecule has 0 aromatic carbocycles. The van der Waals surface area contributed by atoms with Gasteiger partial charge in [-0.3, -0.25) is 0 Å². The molecule has 16 heavy (non-hydrogen) atoms. The molecule has 4 nitrogen and oxygen atoms in total. The minimum Gasteiger partial charge on any atom is -0.366 e. The van der Waals surface area contributed by atoms with E-state index in [4.69, 9.17) is 11.6 Å². The first kappa shape index (κ1) is 10.8. The average molecular weight is 235 g/mol. The number of nitrogens with one attached hydrogen (secondary N) is 1. The molecule has 2 rings (SSSR count). The second-order valence-electron chi connectivity index (χ2n) is 3.39. The zero-order valence-electron chi connectivity index (χ0n) is 8.81. The lowest BCUT2D eigenvalue weighted by Crippen LogP contribution is -2.02. The maximum atomic E-state index is 5.70. The van der Waals surface area contributed by atoms with E-state index in [9.17, 15) is 0 Å². The minimum atomic E-state index is 0.502. The summed E-state index contributed by atoms with van der Waals surface area (Å²) < 4.78 is 0. The van der Waals surface area contributed by atoms with Crippen LogP contribution in [0, 0.1) is 6.92 Å². The van der Waals surface area contributed by atoms with Gasteiger partial charge in [-0.05, 0) is 18.6 Å².